The van der Waals surface area contributed by atoms with Gasteiger partial charge in [0, 0.05) is 45.1 Å². The van der Waals surface area contributed by atoms with E-state index in [1.54, 1.807) is 12.4 Å². The van der Waals surface area contributed by atoms with Gasteiger partial charge in [-0.15, -0.1) is 0 Å². The lowest BCUT2D eigenvalue weighted by molar-refractivity contribution is -0.132. The summed E-state index contributed by atoms with van der Waals surface area (Å²) < 4.78 is 5.36. The lowest BCUT2D eigenvalue weighted by atomic mass is 10.2. The number of hydrogen-bond donors (Lipinski definition) is 1. The zero-order chi connectivity index (χ0) is 17.6. The topological polar surface area (TPSA) is 69.1 Å². The lowest BCUT2D eigenvalue weighted by Gasteiger charge is -2.28. The summed E-state index contributed by atoms with van der Waals surface area (Å²) in [6.45, 7) is 5.35. The minimum absolute atomic E-state index is 0.0735. The summed E-state index contributed by atoms with van der Waals surface area (Å²) in [5.74, 6) is 0.168. The van der Waals surface area contributed by atoms with E-state index < -0.39 is 6.10 Å². The van der Waals surface area contributed by atoms with Crippen LogP contribution in [0, 0.1) is 0 Å². The van der Waals surface area contributed by atoms with Crippen molar-refractivity contribution < 1.29 is 14.6 Å². The summed E-state index contributed by atoms with van der Waals surface area (Å²) in [4.78, 5) is 22.9. The summed E-state index contributed by atoms with van der Waals surface area (Å²) in [6.07, 6.45) is 4.07. The average molecular weight is 348 g/mol. The van der Waals surface area contributed by atoms with Crippen LogP contribution >= 0.6 is 0 Å². The van der Waals surface area contributed by atoms with E-state index in [2.05, 4.69) is 9.88 Å². The third-order valence-corrected chi connectivity index (χ3v) is 4.98. The first-order valence-corrected chi connectivity index (χ1v) is 8.98. The fraction of sp³-hybridized carbons (Fsp3) is 0.667. The highest BCUT2D eigenvalue weighted by Crippen LogP contribution is 2.16. The maximum atomic E-state index is 12.6. The zero-order valence-corrected chi connectivity index (χ0v) is 14.9. The van der Waals surface area contributed by atoms with Gasteiger partial charge in [0.2, 0.25) is 5.91 Å². The SMILES string of the molecule is CN(CC(=O)N1CCCN([C@@H]2COC[C@H]2O)CC1)Cc1ccncc1. The van der Waals surface area contributed by atoms with Gasteiger partial charge < -0.3 is 14.7 Å². The second-order valence-corrected chi connectivity index (χ2v) is 6.97. The highest BCUT2D eigenvalue weighted by Gasteiger charge is 2.33. The van der Waals surface area contributed by atoms with E-state index in [1.807, 2.05) is 29.0 Å². The third kappa shape index (κ3) is 4.98. The number of aliphatic hydroxyl groups excluding tert-OH is 1. The molecule has 3 heterocycles. The average Bonchev–Trinajstić information content (AvgIpc) is 2.88. The van der Waals surface area contributed by atoms with Crippen molar-refractivity contribution in [2.24, 2.45) is 0 Å². The van der Waals surface area contributed by atoms with Crippen molar-refractivity contribution in [3.63, 3.8) is 0 Å². The molecule has 25 heavy (non-hydrogen) atoms. The molecule has 2 aliphatic rings. The van der Waals surface area contributed by atoms with Gasteiger partial charge in [-0.3, -0.25) is 19.6 Å². The Hall–Kier alpha value is -1.54. The van der Waals surface area contributed by atoms with Crippen LogP contribution in [0.5, 0.6) is 0 Å². The number of rotatable bonds is 5. The van der Waals surface area contributed by atoms with Crippen molar-refractivity contribution in [3.05, 3.63) is 30.1 Å². The predicted molar refractivity (Wildman–Crippen MR) is 94.0 cm³/mol. The zero-order valence-electron chi connectivity index (χ0n) is 14.9. The molecule has 1 aromatic rings. The number of amides is 1. The van der Waals surface area contributed by atoms with Gasteiger partial charge in [-0.25, -0.2) is 0 Å². The molecule has 1 aromatic heterocycles. The molecule has 2 atom stereocenters. The molecule has 0 unspecified atom stereocenters. The van der Waals surface area contributed by atoms with Crippen molar-refractivity contribution in [2.75, 3.05) is 53.0 Å². The number of hydrogen-bond acceptors (Lipinski definition) is 6. The van der Waals surface area contributed by atoms with Crippen LogP contribution in [0.1, 0.15) is 12.0 Å². The van der Waals surface area contributed by atoms with Crippen molar-refractivity contribution >= 4 is 5.91 Å². The predicted octanol–water partition coefficient (Wildman–Crippen LogP) is -0.193. The van der Waals surface area contributed by atoms with Crippen molar-refractivity contribution in [3.8, 4) is 0 Å². The molecule has 7 nitrogen and oxygen atoms in total. The molecule has 2 fully saturated rings. The Kier molecular flexibility index (Phi) is 6.36. The summed E-state index contributed by atoms with van der Waals surface area (Å²) in [5.41, 5.74) is 1.16. The van der Waals surface area contributed by atoms with Gasteiger partial charge in [0.15, 0.2) is 0 Å². The highest BCUT2D eigenvalue weighted by atomic mass is 16.5. The summed E-state index contributed by atoms with van der Waals surface area (Å²) in [5, 5.41) is 10.0. The Morgan fingerprint density at radius 2 is 2.08 bits per heavy atom. The summed E-state index contributed by atoms with van der Waals surface area (Å²) >= 11 is 0. The molecule has 1 amide bonds. The van der Waals surface area contributed by atoms with Gasteiger partial charge in [0.25, 0.3) is 0 Å². The van der Waals surface area contributed by atoms with Gasteiger partial charge in [0.05, 0.1) is 31.9 Å². The van der Waals surface area contributed by atoms with Gasteiger partial charge >= 0.3 is 0 Å². The van der Waals surface area contributed by atoms with Crippen LogP contribution in [0.15, 0.2) is 24.5 Å². The molecule has 138 valence electrons. The Morgan fingerprint density at radius 1 is 1.28 bits per heavy atom. The highest BCUT2D eigenvalue weighted by molar-refractivity contribution is 5.78. The molecule has 3 rings (SSSR count). The second kappa shape index (κ2) is 8.71. The molecule has 0 spiro atoms. The van der Waals surface area contributed by atoms with Gasteiger partial charge in [-0.1, -0.05) is 0 Å². The number of pyridine rings is 1. The summed E-state index contributed by atoms with van der Waals surface area (Å²) in [6, 6.07) is 4.02. The normalized spacial score (nSPS) is 25.3. The number of ether oxygens (including phenoxy) is 1. The standard InChI is InChI=1S/C18H28N4O3/c1-20(11-15-3-5-19-6-4-15)12-18(24)22-8-2-7-21(9-10-22)16-13-25-14-17(16)23/h3-6,16-17,23H,2,7-14H2,1H3/t16-,17-/m1/s1. The van der Waals surface area contributed by atoms with Gasteiger partial charge in [-0.2, -0.15) is 0 Å². The molecular formula is C18H28N4O3. The van der Waals surface area contributed by atoms with Gasteiger partial charge in [-0.05, 0) is 31.2 Å². The number of aliphatic hydroxyl groups is 1. The Bertz CT molecular complexity index is 557. The third-order valence-electron chi connectivity index (χ3n) is 4.98. The van der Waals surface area contributed by atoms with Crippen LogP contribution < -0.4 is 0 Å². The minimum atomic E-state index is -0.409. The minimum Gasteiger partial charge on any atom is -0.389 e. The van der Waals surface area contributed by atoms with Crippen LogP contribution in [0.3, 0.4) is 0 Å². The van der Waals surface area contributed by atoms with E-state index in [0.29, 0.717) is 26.3 Å². The quantitative estimate of drug-likeness (QED) is 0.795. The lowest BCUT2D eigenvalue weighted by Crippen LogP contribution is -2.45. The first kappa shape index (κ1) is 18.3. The molecule has 2 aliphatic heterocycles. The van der Waals surface area contributed by atoms with E-state index in [0.717, 1.165) is 38.2 Å². The molecule has 0 radical (unpaired) electrons. The van der Waals surface area contributed by atoms with Crippen molar-refractivity contribution in [1.29, 1.82) is 0 Å². The van der Waals surface area contributed by atoms with Crippen LogP contribution in [0.4, 0.5) is 0 Å². The molecular weight excluding hydrogens is 320 g/mol. The number of aromatic nitrogens is 1. The molecule has 2 saturated heterocycles. The Labute approximate surface area is 149 Å². The Morgan fingerprint density at radius 3 is 2.80 bits per heavy atom. The number of likely N-dealkylation sites (N-methyl/N-ethyl adjacent to an activating group) is 1. The first-order chi connectivity index (χ1) is 12.1. The molecule has 1 N–H and O–H groups in total. The maximum absolute atomic E-state index is 12.6. The largest absolute Gasteiger partial charge is 0.389 e. The first-order valence-electron chi connectivity index (χ1n) is 8.98. The van der Waals surface area contributed by atoms with Crippen LogP contribution in [-0.4, -0.2) is 95.8 Å². The van der Waals surface area contributed by atoms with E-state index in [1.165, 1.54) is 0 Å². The Balaban J connectivity index is 1.47. The second-order valence-electron chi connectivity index (χ2n) is 6.97. The van der Waals surface area contributed by atoms with Crippen LogP contribution in [0.25, 0.3) is 0 Å². The van der Waals surface area contributed by atoms with Crippen molar-refractivity contribution in [2.45, 2.75) is 25.1 Å². The fourth-order valence-corrected chi connectivity index (χ4v) is 3.59. The molecule has 7 heteroatoms. The maximum Gasteiger partial charge on any atom is 0.236 e. The molecule has 0 aliphatic carbocycles. The molecule has 0 saturated carbocycles. The fourth-order valence-electron chi connectivity index (χ4n) is 3.59. The van der Waals surface area contributed by atoms with E-state index in [9.17, 15) is 9.90 Å². The molecule has 0 aromatic carbocycles. The van der Waals surface area contributed by atoms with Crippen molar-refractivity contribution in [1.82, 2.24) is 19.7 Å². The van der Waals surface area contributed by atoms with E-state index in [4.69, 9.17) is 4.74 Å². The molecule has 0 bridgehead atoms. The number of carbonyl (C=O) groups is 1. The smallest absolute Gasteiger partial charge is 0.236 e. The number of nitrogens with zero attached hydrogens (tertiary/aromatic N) is 4. The van der Waals surface area contributed by atoms with Crippen LogP contribution in [0.2, 0.25) is 0 Å². The van der Waals surface area contributed by atoms with E-state index in [-0.39, 0.29) is 11.9 Å². The number of carbonyl (C=O) groups excluding carboxylic acids is 1. The van der Waals surface area contributed by atoms with Gasteiger partial charge in [0.1, 0.15) is 0 Å². The summed E-state index contributed by atoms with van der Waals surface area (Å²) in [7, 11) is 1.97. The monoisotopic (exact) mass is 348 g/mol. The van der Waals surface area contributed by atoms with E-state index >= 15 is 0 Å². The van der Waals surface area contributed by atoms with Crippen LogP contribution in [-0.2, 0) is 16.1 Å².